The molecule has 2 aromatic carbocycles. The molecule has 1 aliphatic rings. The van der Waals surface area contributed by atoms with Gasteiger partial charge in [-0.25, -0.2) is 4.79 Å². The quantitative estimate of drug-likeness (QED) is 0.397. The third-order valence-electron chi connectivity index (χ3n) is 4.81. The van der Waals surface area contributed by atoms with Gasteiger partial charge in [0.15, 0.2) is 0 Å². The molecule has 0 saturated carbocycles. The van der Waals surface area contributed by atoms with E-state index >= 15 is 0 Å². The zero-order chi connectivity index (χ0) is 21.8. The maximum absolute atomic E-state index is 13.4. The highest BCUT2D eigenvalue weighted by Gasteiger charge is 2.38. The Kier molecular flexibility index (Phi) is 6.21. The summed E-state index contributed by atoms with van der Waals surface area (Å²) >= 11 is 0. The third kappa shape index (κ3) is 4.20. The lowest BCUT2D eigenvalue weighted by atomic mass is 10.0. The number of amides is 1. The van der Waals surface area contributed by atoms with E-state index in [9.17, 15) is 9.59 Å². The number of rotatable bonds is 6. The highest BCUT2D eigenvalue weighted by molar-refractivity contribution is 6.23. The number of esters is 1. The summed E-state index contributed by atoms with van der Waals surface area (Å²) in [6.07, 6.45) is 3.38. The summed E-state index contributed by atoms with van der Waals surface area (Å²) in [7, 11) is 1.32. The fourth-order valence-corrected chi connectivity index (χ4v) is 3.55. The van der Waals surface area contributed by atoms with Crippen LogP contribution in [0.4, 0.5) is 5.69 Å². The maximum atomic E-state index is 13.4. The second-order valence-corrected chi connectivity index (χ2v) is 7.17. The zero-order valence-electron chi connectivity index (χ0n) is 17.7. The molecule has 0 aromatic heterocycles. The summed E-state index contributed by atoms with van der Waals surface area (Å²) in [6, 6.07) is 13.2. The normalized spacial score (nSPS) is 15.0. The van der Waals surface area contributed by atoms with Gasteiger partial charge in [0, 0.05) is 11.4 Å². The zero-order valence-corrected chi connectivity index (χ0v) is 17.7. The van der Waals surface area contributed by atoms with Crippen molar-refractivity contribution in [1.82, 2.24) is 0 Å². The Hall–Kier alpha value is -3.60. The molecule has 1 amide bonds. The molecule has 0 spiro atoms. The predicted molar refractivity (Wildman–Crippen MR) is 118 cm³/mol. The Balaban J connectivity index is 2.05. The van der Waals surface area contributed by atoms with Crippen molar-refractivity contribution in [1.29, 1.82) is 0 Å². The van der Waals surface area contributed by atoms with Crippen LogP contribution in [-0.4, -0.2) is 25.6 Å². The number of anilines is 1. The molecule has 0 N–H and O–H groups in total. The molecule has 1 heterocycles. The molecule has 0 atom stereocenters. The molecule has 0 saturated heterocycles. The van der Waals surface area contributed by atoms with Gasteiger partial charge in [-0.1, -0.05) is 30.9 Å². The van der Waals surface area contributed by atoms with Gasteiger partial charge in [-0.15, -0.1) is 0 Å². The summed E-state index contributed by atoms with van der Waals surface area (Å²) in [5, 5.41) is 0. The molecule has 154 valence electrons. The van der Waals surface area contributed by atoms with E-state index < -0.39 is 5.97 Å². The molecule has 0 radical (unpaired) electrons. The van der Waals surface area contributed by atoms with Crippen LogP contribution in [0.1, 0.15) is 23.6 Å². The van der Waals surface area contributed by atoms with E-state index in [4.69, 9.17) is 9.47 Å². The lowest BCUT2D eigenvalue weighted by Gasteiger charge is -2.19. The summed E-state index contributed by atoms with van der Waals surface area (Å²) in [4.78, 5) is 27.4. The highest BCUT2D eigenvalue weighted by atomic mass is 16.5. The predicted octanol–water partition coefficient (Wildman–Crippen LogP) is 4.75. The van der Waals surface area contributed by atoms with Gasteiger partial charge in [-0.3, -0.25) is 9.69 Å². The van der Waals surface area contributed by atoms with E-state index in [-0.39, 0.29) is 11.5 Å². The van der Waals surface area contributed by atoms with Crippen LogP contribution < -0.4 is 9.64 Å². The van der Waals surface area contributed by atoms with E-state index in [0.29, 0.717) is 23.6 Å². The number of ether oxygens (including phenoxy) is 2. The van der Waals surface area contributed by atoms with Crippen LogP contribution in [0.5, 0.6) is 5.75 Å². The van der Waals surface area contributed by atoms with E-state index in [0.717, 1.165) is 22.4 Å². The number of hydrogen-bond donors (Lipinski definition) is 0. The van der Waals surface area contributed by atoms with Crippen molar-refractivity contribution >= 4 is 23.6 Å². The number of methoxy groups -OCH3 is 1. The Morgan fingerprint density at radius 3 is 2.27 bits per heavy atom. The Morgan fingerprint density at radius 2 is 1.70 bits per heavy atom. The van der Waals surface area contributed by atoms with Crippen LogP contribution in [0.25, 0.3) is 6.08 Å². The molecular weight excluding hydrogens is 378 g/mol. The van der Waals surface area contributed by atoms with Crippen molar-refractivity contribution in [3.05, 3.63) is 88.7 Å². The number of carbonyl (C=O) groups is 2. The number of hydrogen-bond acceptors (Lipinski definition) is 4. The molecule has 0 unspecified atom stereocenters. The summed E-state index contributed by atoms with van der Waals surface area (Å²) in [5.41, 5.74) is 4.71. The smallest absolute Gasteiger partial charge is 0.340 e. The lowest BCUT2D eigenvalue weighted by Crippen LogP contribution is -2.24. The molecule has 3 rings (SSSR count). The molecule has 0 aliphatic carbocycles. The minimum absolute atomic E-state index is 0.259. The third-order valence-corrected chi connectivity index (χ3v) is 4.81. The van der Waals surface area contributed by atoms with E-state index in [1.165, 1.54) is 7.11 Å². The first kappa shape index (κ1) is 21.1. The molecule has 2 aromatic rings. The van der Waals surface area contributed by atoms with Crippen LogP contribution >= 0.6 is 0 Å². The van der Waals surface area contributed by atoms with Crippen LogP contribution in [0.2, 0.25) is 0 Å². The Morgan fingerprint density at radius 1 is 1.07 bits per heavy atom. The summed E-state index contributed by atoms with van der Waals surface area (Å²) < 4.78 is 10.5. The Labute approximate surface area is 176 Å². The minimum atomic E-state index is -0.537. The van der Waals surface area contributed by atoms with Gasteiger partial charge >= 0.3 is 5.97 Å². The lowest BCUT2D eigenvalue weighted by molar-refractivity contribution is -0.136. The monoisotopic (exact) mass is 403 g/mol. The number of aryl methyl sites for hydroxylation is 2. The average Bonchev–Trinajstić information content (AvgIpc) is 2.95. The van der Waals surface area contributed by atoms with Crippen molar-refractivity contribution < 1.29 is 19.1 Å². The van der Waals surface area contributed by atoms with Crippen LogP contribution in [0.15, 0.2) is 72.0 Å². The van der Waals surface area contributed by atoms with Crippen molar-refractivity contribution in [3.63, 3.8) is 0 Å². The number of nitrogens with zero attached hydrogens (tertiary/aromatic N) is 1. The van der Waals surface area contributed by atoms with Gasteiger partial charge < -0.3 is 9.47 Å². The van der Waals surface area contributed by atoms with Gasteiger partial charge in [0.25, 0.3) is 5.91 Å². The van der Waals surface area contributed by atoms with Crippen LogP contribution in [0.3, 0.4) is 0 Å². The molecule has 1 aliphatic heterocycles. The van der Waals surface area contributed by atoms with Crippen molar-refractivity contribution in [2.45, 2.75) is 20.8 Å². The van der Waals surface area contributed by atoms with Crippen LogP contribution in [0, 0.1) is 13.8 Å². The van der Waals surface area contributed by atoms with Gasteiger partial charge in [-0.05, 0) is 67.8 Å². The van der Waals surface area contributed by atoms with Gasteiger partial charge in [0.1, 0.15) is 12.4 Å². The largest absolute Gasteiger partial charge is 0.490 e. The summed E-state index contributed by atoms with van der Waals surface area (Å²) in [6.45, 7) is 9.75. The van der Waals surface area contributed by atoms with Gasteiger partial charge in [0.2, 0.25) is 0 Å². The first-order valence-electron chi connectivity index (χ1n) is 9.63. The highest BCUT2D eigenvalue weighted by Crippen LogP contribution is 2.36. The number of carbonyl (C=O) groups excluding carboxylic acids is 2. The average molecular weight is 403 g/mol. The SMILES string of the molecule is C=CCOc1ccc(/C=C2\C(=O)N(c3cc(C)cc(C)c3)C(C)=C2C(=O)OC)cc1. The topological polar surface area (TPSA) is 55.8 Å². The Bertz CT molecular complexity index is 1040. The van der Waals surface area contributed by atoms with Crippen LogP contribution in [-0.2, 0) is 14.3 Å². The van der Waals surface area contributed by atoms with Crippen molar-refractivity contribution in [3.8, 4) is 5.75 Å². The first-order valence-corrected chi connectivity index (χ1v) is 9.63. The standard InChI is InChI=1S/C25H25NO4/c1-6-11-30-21-9-7-19(8-10-21)15-22-23(25(28)29-5)18(4)26(24(22)27)20-13-16(2)12-17(3)14-20/h6-10,12-15H,1,11H2,2-5H3/b22-15-. The number of allylic oxidation sites excluding steroid dienone is 1. The van der Waals surface area contributed by atoms with E-state index in [2.05, 4.69) is 6.58 Å². The second kappa shape index (κ2) is 8.82. The fourth-order valence-electron chi connectivity index (χ4n) is 3.55. The molecule has 5 heteroatoms. The van der Waals surface area contributed by atoms with E-state index in [1.54, 1.807) is 24.0 Å². The molecule has 0 fully saturated rings. The first-order chi connectivity index (χ1) is 14.3. The molecule has 5 nitrogen and oxygen atoms in total. The number of benzene rings is 2. The minimum Gasteiger partial charge on any atom is -0.490 e. The van der Waals surface area contributed by atoms with Crippen molar-refractivity contribution in [2.75, 3.05) is 18.6 Å². The van der Waals surface area contributed by atoms with Crippen molar-refractivity contribution in [2.24, 2.45) is 0 Å². The fraction of sp³-hybridized carbons (Fsp3) is 0.200. The van der Waals surface area contributed by atoms with Gasteiger partial charge in [-0.2, -0.15) is 0 Å². The second-order valence-electron chi connectivity index (χ2n) is 7.17. The summed E-state index contributed by atoms with van der Waals surface area (Å²) in [5.74, 6) is -0.0960. The van der Waals surface area contributed by atoms with Gasteiger partial charge in [0.05, 0.1) is 18.3 Å². The molecule has 0 bridgehead atoms. The molecular formula is C25H25NO4. The maximum Gasteiger partial charge on any atom is 0.340 e. The van der Waals surface area contributed by atoms with E-state index in [1.807, 2.05) is 56.3 Å². The molecule has 30 heavy (non-hydrogen) atoms.